The van der Waals surface area contributed by atoms with Crippen LogP contribution in [0.15, 0.2) is 35.7 Å². The number of anilines is 1. The molecule has 3 amide bonds. The fourth-order valence-electron chi connectivity index (χ4n) is 2.77. The summed E-state index contributed by atoms with van der Waals surface area (Å²) >= 11 is 1.30. The molecule has 0 saturated carbocycles. The first-order chi connectivity index (χ1) is 11.8. The molecular formula is C18H19N3O3S. The lowest BCUT2D eigenvalue weighted by Crippen LogP contribution is -2.55. The number of benzene rings is 1. The van der Waals surface area contributed by atoms with Crippen molar-refractivity contribution in [2.24, 2.45) is 0 Å². The Labute approximate surface area is 149 Å². The molecule has 1 aliphatic rings. The zero-order chi connectivity index (χ0) is 18.2. The fraction of sp³-hybridized carbons (Fsp3) is 0.278. The van der Waals surface area contributed by atoms with Crippen molar-refractivity contribution >= 4 is 34.7 Å². The van der Waals surface area contributed by atoms with Crippen molar-refractivity contribution in [2.75, 3.05) is 5.32 Å². The van der Waals surface area contributed by atoms with Crippen LogP contribution >= 0.6 is 11.3 Å². The number of hydrogen-bond acceptors (Lipinski definition) is 4. The monoisotopic (exact) mass is 357 g/mol. The minimum atomic E-state index is -1.16. The summed E-state index contributed by atoms with van der Waals surface area (Å²) in [5.41, 5.74) is 1.23. The average molecular weight is 357 g/mol. The summed E-state index contributed by atoms with van der Waals surface area (Å²) in [5, 5.41) is 10.0. The van der Waals surface area contributed by atoms with Gasteiger partial charge in [-0.1, -0.05) is 18.2 Å². The molecule has 0 aliphatic carbocycles. The van der Waals surface area contributed by atoms with E-state index in [9.17, 15) is 14.4 Å². The second-order valence-electron chi connectivity index (χ2n) is 6.49. The summed E-state index contributed by atoms with van der Waals surface area (Å²) in [6, 6.07) is 8.25. The van der Waals surface area contributed by atoms with Gasteiger partial charge >= 0.3 is 0 Å². The Kier molecular flexibility index (Phi) is 4.34. The van der Waals surface area contributed by atoms with Crippen LogP contribution in [0.4, 0.5) is 5.69 Å². The van der Waals surface area contributed by atoms with E-state index >= 15 is 0 Å². The van der Waals surface area contributed by atoms with Crippen molar-refractivity contribution in [3.05, 3.63) is 51.7 Å². The zero-order valence-corrected chi connectivity index (χ0v) is 15.0. The van der Waals surface area contributed by atoms with Crippen molar-refractivity contribution in [1.29, 1.82) is 0 Å². The summed E-state index contributed by atoms with van der Waals surface area (Å²) in [4.78, 5) is 37.7. The molecule has 3 N–H and O–H groups in total. The number of hydrogen-bond donors (Lipinski definition) is 3. The van der Waals surface area contributed by atoms with Gasteiger partial charge in [0.15, 0.2) is 0 Å². The van der Waals surface area contributed by atoms with Crippen LogP contribution in [0, 0.1) is 6.92 Å². The van der Waals surface area contributed by atoms with Gasteiger partial charge in [0.25, 0.3) is 11.8 Å². The third-order valence-corrected chi connectivity index (χ3v) is 5.02. The van der Waals surface area contributed by atoms with Crippen molar-refractivity contribution in [2.45, 2.75) is 32.4 Å². The number of carbonyl (C=O) groups excluding carboxylic acids is 3. The standard InChI is InChI=1S/C18H19N3O3S/c1-10-6-4-7-11-13(10)14(16(23)19-11)20-17(24)18(2,3)21-15(22)12-8-5-9-25-12/h4-9,14H,1-3H3,(H,19,23)(H,20,24)(H,21,22)/t14-/m0/s1. The molecule has 1 aliphatic heterocycles. The average Bonchev–Trinajstić information content (AvgIpc) is 3.16. The van der Waals surface area contributed by atoms with E-state index in [-0.39, 0.29) is 11.8 Å². The Balaban J connectivity index is 1.76. The molecule has 1 aromatic heterocycles. The molecule has 2 heterocycles. The summed E-state index contributed by atoms with van der Waals surface area (Å²) in [6.45, 7) is 5.11. The van der Waals surface area contributed by atoms with Crippen LogP contribution in [0.5, 0.6) is 0 Å². The summed E-state index contributed by atoms with van der Waals surface area (Å²) < 4.78 is 0. The molecule has 0 saturated heterocycles. The molecule has 0 unspecified atom stereocenters. The van der Waals surface area contributed by atoms with E-state index < -0.39 is 17.5 Å². The van der Waals surface area contributed by atoms with E-state index in [2.05, 4.69) is 16.0 Å². The molecule has 1 aromatic carbocycles. The second kappa shape index (κ2) is 6.33. The first-order valence-electron chi connectivity index (χ1n) is 7.87. The topological polar surface area (TPSA) is 87.3 Å². The highest BCUT2D eigenvalue weighted by atomic mass is 32.1. The number of rotatable bonds is 4. The molecule has 0 radical (unpaired) electrons. The maximum atomic E-state index is 12.7. The normalized spacial score (nSPS) is 16.1. The Morgan fingerprint density at radius 3 is 2.64 bits per heavy atom. The molecule has 1 atom stereocenters. The van der Waals surface area contributed by atoms with Gasteiger partial charge in [-0.2, -0.15) is 0 Å². The highest BCUT2D eigenvalue weighted by Crippen LogP contribution is 2.33. The summed E-state index contributed by atoms with van der Waals surface area (Å²) in [6.07, 6.45) is 0. The van der Waals surface area contributed by atoms with Gasteiger partial charge in [-0.25, -0.2) is 0 Å². The SMILES string of the molecule is Cc1cccc2c1[C@H](NC(=O)C(C)(C)NC(=O)c1cccs1)C(=O)N2. The molecular weight excluding hydrogens is 338 g/mol. The van der Waals surface area contributed by atoms with E-state index in [1.165, 1.54) is 11.3 Å². The first-order valence-corrected chi connectivity index (χ1v) is 8.75. The first kappa shape index (κ1) is 17.2. The maximum absolute atomic E-state index is 12.7. The van der Waals surface area contributed by atoms with E-state index in [0.717, 1.165) is 11.1 Å². The van der Waals surface area contributed by atoms with E-state index in [1.54, 1.807) is 37.4 Å². The highest BCUT2D eigenvalue weighted by Gasteiger charge is 2.37. The Morgan fingerprint density at radius 1 is 1.20 bits per heavy atom. The lowest BCUT2D eigenvalue weighted by atomic mass is 9.99. The predicted octanol–water partition coefficient (Wildman–Crippen LogP) is 2.37. The molecule has 2 aromatic rings. The Hall–Kier alpha value is -2.67. The second-order valence-corrected chi connectivity index (χ2v) is 7.44. The van der Waals surface area contributed by atoms with Crippen LogP contribution in [0.2, 0.25) is 0 Å². The van der Waals surface area contributed by atoms with Gasteiger partial charge in [0.1, 0.15) is 11.6 Å². The van der Waals surface area contributed by atoms with Crippen molar-refractivity contribution < 1.29 is 14.4 Å². The van der Waals surface area contributed by atoms with Crippen molar-refractivity contribution in [1.82, 2.24) is 10.6 Å². The van der Waals surface area contributed by atoms with Crippen molar-refractivity contribution in [3.8, 4) is 0 Å². The maximum Gasteiger partial charge on any atom is 0.262 e. The molecule has 6 nitrogen and oxygen atoms in total. The predicted molar refractivity (Wildman–Crippen MR) is 96.6 cm³/mol. The van der Waals surface area contributed by atoms with E-state index in [1.807, 2.05) is 19.1 Å². The van der Waals surface area contributed by atoms with Crippen LogP contribution < -0.4 is 16.0 Å². The lowest BCUT2D eigenvalue weighted by molar-refractivity contribution is -0.130. The molecule has 0 bridgehead atoms. The quantitative estimate of drug-likeness (QED) is 0.785. The fourth-order valence-corrected chi connectivity index (χ4v) is 3.39. The minimum Gasteiger partial charge on any atom is -0.338 e. The molecule has 0 spiro atoms. The number of fused-ring (bicyclic) bond motifs is 1. The third kappa shape index (κ3) is 3.28. The van der Waals surface area contributed by atoms with Gasteiger partial charge in [-0.3, -0.25) is 14.4 Å². The molecule has 25 heavy (non-hydrogen) atoms. The number of aryl methyl sites for hydroxylation is 1. The Bertz CT molecular complexity index is 843. The lowest BCUT2D eigenvalue weighted by Gasteiger charge is -2.26. The smallest absolute Gasteiger partial charge is 0.262 e. The third-order valence-electron chi connectivity index (χ3n) is 4.15. The number of amides is 3. The van der Waals surface area contributed by atoms with Gasteiger partial charge in [0, 0.05) is 11.3 Å². The summed E-state index contributed by atoms with van der Waals surface area (Å²) in [7, 11) is 0. The number of carbonyl (C=O) groups is 3. The van der Waals surface area contributed by atoms with Gasteiger partial charge in [-0.05, 0) is 43.8 Å². The minimum absolute atomic E-state index is 0.280. The largest absolute Gasteiger partial charge is 0.338 e. The Morgan fingerprint density at radius 2 is 1.96 bits per heavy atom. The zero-order valence-electron chi connectivity index (χ0n) is 14.2. The molecule has 130 valence electrons. The van der Waals surface area contributed by atoms with Gasteiger partial charge in [0.05, 0.1) is 4.88 Å². The summed E-state index contributed by atoms with van der Waals surface area (Å²) in [5.74, 6) is -1.02. The van der Waals surface area contributed by atoms with Crippen LogP contribution in [0.25, 0.3) is 0 Å². The van der Waals surface area contributed by atoms with Crippen LogP contribution in [0.3, 0.4) is 0 Å². The molecule has 0 fully saturated rings. The van der Waals surface area contributed by atoms with Crippen LogP contribution in [0.1, 0.15) is 40.7 Å². The van der Waals surface area contributed by atoms with Crippen LogP contribution in [-0.2, 0) is 9.59 Å². The van der Waals surface area contributed by atoms with Gasteiger partial charge < -0.3 is 16.0 Å². The van der Waals surface area contributed by atoms with E-state index in [0.29, 0.717) is 10.6 Å². The highest BCUT2D eigenvalue weighted by molar-refractivity contribution is 7.12. The van der Waals surface area contributed by atoms with Crippen LogP contribution in [-0.4, -0.2) is 23.3 Å². The van der Waals surface area contributed by atoms with Gasteiger partial charge in [0.2, 0.25) is 5.91 Å². The van der Waals surface area contributed by atoms with Crippen molar-refractivity contribution in [3.63, 3.8) is 0 Å². The number of thiophene rings is 1. The number of nitrogens with one attached hydrogen (secondary N) is 3. The van der Waals surface area contributed by atoms with E-state index in [4.69, 9.17) is 0 Å². The molecule has 7 heteroatoms. The van der Waals surface area contributed by atoms with Gasteiger partial charge in [-0.15, -0.1) is 11.3 Å². The molecule has 3 rings (SSSR count).